The lowest BCUT2D eigenvalue weighted by atomic mass is 10.1. The van der Waals surface area contributed by atoms with Crippen LogP contribution in [0.5, 0.6) is 5.75 Å². The summed E-state index contributed by atoms with van der Waals surface area (Å²) in [7, 11) is 0. The topological polar surface area (TPSA) is 29.5 Å². The van der Waals surface area contributed by atoms with E-state index in [1.807, 2.05) is 6.92 Å². The minimum absolute atomic E-state index is 0.383. The summed E-state index contributed by atoms with van der Waals surface area (Å²) < 4.78 is 41.0. The van der Waals surface area contributed by atoms with Crippen LogP contribution in [-0.2, 0) is 6.42 Å². The number of halogens is 3. The normalized spacial score (nSPS) is 13.6. The average molecular weight is 234 g/mol. The summed E-state index contributed by atoms with van der Waals surface area (Å²) in [6, 6.07) is 6.82. The van der Waals surface area contributed by atoms with Gasteiger partial charge < -0.3 is 9.84 Å². The number of hydrogen-bond acceptors (Lipinski definition) is 2. The van der Waals surface area contributed by atoms with Crippen molar-refractivity contribution in [1.29, 1.82) is 0 Å². The molecular formula is C11H13F3O2. The zero-order valence-corrected chi connectivity index (χ0v) is 8.79. The smallest absolute Gasteiger partial charge is 0.417 e. The fourth-order valence-electron chi connectivity index (χ4n) is 1.20. The van der Waals surface area contributed by atoms with Crippen LogP contribution in [0.3, 0.4) is 0 Å². The van der Waals surface area contributed by atoms with Gasteiger partial charge in [0.1, 0.15) is 12.4 Å². The SMILES string of the molecule is CCc1ccccc1OCC(O)C(F)(F)F. The van der Waals surface area contributed by atoms with Crippen LogP contribution in [0.25, 0.3) is 0 Å². The lowest BCUT2D eigenvalue weighted by molar-refractivity contribution is -0.210. The van der Waals surface area contributed by atoms with Gasteiger partial charge in [-0.15, -0.1) is 0 Å². The zero-order valence-electron chi connectivity index (χ0n) is 8.79. The second-order valence-corrected chi connectivity index (χ2v) is 3.33. The lowest BCUT2D eigenvalue weighted by Gasteiger charge is -2.16. The predicted octanol–water partition coefficient (Wildman–Crippen LogP) is 2.55. The average Bonchev–Trinajstić information content (AvgIpc) is 2.24. The molecule has 5 heteroatoms. The van der Waals surface area contributed by atoms with Crippen LogP contribution in [0.15, 0.2) is 24.3 Å². The summed E-state index contributed by atoms with van der Waals surface area (Å²) in [4.78, 5) is 0. The van der Waals surface area contributed by atoms with Crippen molar-refractivity contribution in [3.63, 3.8) is 0 Å². The molecule has 1 atom stereocenters. The molecule has 2 nitrogen and oxygen atoms in total. The molecule has 1 rings (SSSR count). The number of aliphatic hydroxyl groups is 1. The number of rotatable bonds is 4. The van der Waals surface area contributed by atoms with Crippen molar-refractivity contribution in [3.05, 3.63) is 29.8 Å². The fraction of sp³-hybridized carbons (Fsp3) is 0.455. The molecule has 0 bridgehead atoms. The quantitative estimate of drug-likeness (QED) is 0.867. The first kappa shape index (κ1) is 12.8. The molecule has 1 aromatic rings. The van der Waals surface area contributed by atoms with E-state index in [9.17, 15) is 13.2 Å². The third-order valence-corrected chi connectivity index (χ3v) is 2.13. The molecule has 1 aromatic carbocycles. The van der Waals surface area contributed by atoms with Crippen LogP contribution in [0.4, 0.5) is 13.2 Å². The molecule has 1 unspecified atom stereocenters. The maximum Gasteiger partial charge on any atom is 0.417 e. The van der Waals surface area contributed by atoms with Gasteiger partial charge in [0.15, 0.2) is 6.10 Å². The number of hydrogen-bond donors (Lipinski definition) is 1. The molecule has 0 fully saturated rings. The largest absolute Gasteiger partial charge is 0.490 e. The van der Waals surface area contributed by atoms with Crippen molar-refractivity contribution in [1.82, 2.24) is 0 Å². The van der Waals surface area contributed by atoms with Gasteiger partial charge in [0.2, 0.25) is 0 Å². The summed E-state index contributed by atoms with van der Waals surface area (Å²) in [6.45, 7) is 1.10. The van der Waals surface area contributed by atoms with Crippen LogP contribution in [0.1, 0.15) is 12.5 Å². The molecule has 0 amide bonds. The van der Waals surface area contributed by atoms with Crippen molar-refractivity contribution in [3.8, 4) is 5.75 Å². The molecule has 0 saturated heterocycles. The first-order valence-corrected chi connectivity index (χ1v) is 4.90. The fourth-order valence-corrected chi connectivity index (χ4v) is 1.20. The molecule has 0 radical (unpaired) electrons. The van der Waals surface area contributed by atoms with Gasteiger partial charge in [-0.1, -0.05) is 25.1 Å². The maximum atomic E-state index is 12.0. The third-order valence-electron chi connectivity index (χ3n) is 2.13. The molecule has 0 aliphatic rings. The van der Waals surface area contributed by atoms with Gasteiger partial charge in [-0.2, -0.15) is 13.2 Å². The number of aliphatic hydroxyl groups excluding tert-OH is 1. The highest BCUT2D eigenvalue weighted by molar-refractivity contribution is 5.33. The minimum atomic E-state index is -4.64. The summed E-state index contributed by atoms with van der Waals surface area (Å²) in [5.41, 5.74) is 0.817. The van der Waals surface area contributed by atoms with E-state index in [0.717, 1.165) is 5.56 Å². The maximum absolute atomic E-state index is 12.0. The van der Waals surface area contributed by atoms with E-state index < -0.39 is 18.9 Å². The molecule has 0 saturated carbocycles. The molecule has 0 aliphatic heterocycles. The Morgan fingerprint density at radius 1 is 1.31 bits per heavy atom. The van der Waals surface area contributed by atoms with E-state index in [-0.39, 0.29) is 0 Å². The Morgan fingerprint density at radius 3 is 2.50 bits per heavy atom. The van der Waals surface area contributed by atoms with Crippen LogP contribution >= 0.6 is 0 Å². The number of ether oxygens (including phenoxy) is 1. The Bertz CT molecular complexity index is 336. The number of para-hydroxylation sites is 1. The summed E-state index contributed by atoms with van der Waals surface area (Å²) in [5, 5.41) is 8.76. The Hall–Kier alpha value is -1.23. The highest BCUT2D eigenvalue weighted by atomic mass is 19.4. The minimum Gasteiger partial charge on any atom is -0.490 e. The molecular weight excluding hydrogens is 221 g/mol. The first-order valence-electron chi connectivity index (χ1n) is 4.90. The van der Waals surface area contributed by atoms with Crippen LogP contribution < -0.4 is 4.74 Å². The molecule has 0 spiro atoms. The van der Waals surface area contributed by atoms with Crippen molar-refractivity contribution >= 4 is 0 Å². The van der Waals surface area contributed by atoms with Crippen molar-refractivity contribution in [2.24, 2.45) is 0 Å². The Labute approximate surface area is 91.7 Å². The number of alkyl halides is 3. The lowest BCUT2D eigenvalue weighted by Crippen LogP contribution is -2.34. The van der Waals surface area contributed by atoms with Crippen molar-refractivity contribution < 1.29 is 23.0 Å². The molecule has 0 aliphatic carbocycles. The van der Waals surface area contributed by atoms with Gasteiger partial charge in [0.25, 0.3) is 0 Å². The van der Waals surface area contributed by atoms with E-state index >= 15 is 0 Å². The summed E-state index contributed by atoms with van der Waals surface area (Å²) in [6.07, 6.45) is -6.42. The highest BCUT2D eigenvalue weighted by Crippen LogP contribution is 2.23. The number of benzene rings is 1. The Morgan fingerprint density at radius 2 is 1.94 bits per heavy atom. The zero-order chi connectivity index (χ0) is 12.2. The van der Waals surface area contributed by atoms with Gasteiger partial charge in [-0.25, -0.2) is 0 Å². The van der Waals surface area contributed by atoms with E-state index in [1.165, 1.54) is 0 Å². The van der Waals surface area contributed by atoms with Gasteiger partial charge in [0.05, 0.1) is 0 Å². The molecule has 1 N–H and O–H groups in total. The van der Waals surface area contributed by atoms with E-state index in [0.29, 0.717) is 12.2 Å². The van der Waals surface area contributed by atoms with Crippen LogP contribution in [0, 0.1) is 0 Å². The van der Waals surface area contributed by atoms with Gasteiger partial charge >= 0.3 is 6.18 Å². The molecule has 0 heterocycles. The molecule has 16 heavy (non-hydrogen) atoms. The van der Waals surface area contributed by atoms with Gasteiger partial charge in [0, 0.05) is 0 Å². The predicted molar refractivity (Wildman–Crippen MR) is 53.4 cm³/mol. The second kappa shape index (κ2) is 5.21. The van der Waals surface area contributed by atoms with Crippen LogP contribution in [0.2, 0.25) is 0 Å². The van der Waals surface area contributed by atoms with E-state index in [4.69, 9.17) is 9.84 Å². The number of aryl methyl sites for hydroxylation is 1. The van der Waals surface area contributed by atoms with E-state index in [2.05, 4.69) is 0 Å². The van der Waals surface area contributed by atoms with Crippen LogP contribution in [-0.4, -0.2) is 24.0 Å². The third kappa shape index (κ3) is 3.41. The van der Waals surface area contributed by atoms with Gasteiger partial charge in [-0.05, 0) is 18.1 Å². The van der Waals surface area contributed by atoms with Gasteiger partial charge in [-0.3, -0.25) is 0 Å². The summed E-state index contributed by atoms with van der Waals surface area (Å²) in [5.74, 6) is 0.383. The monoisotopic (exact) mass is 234 g/mol. The highest BCUT2D eigenvalue weighted by Gasteiger charge is 2.38. The Balaban J connectivity index is 2.61. The molecule has 0 aromatic heterocycles. The molecule has 90 valence electrons. The summed E-state index contributed by atoms with van der Waals surface area (Å²) >= 11 is 0. The second-order valence-electron chi connectivity index (χ2n) is 3.33. The standard InChI is InChI=1S/C11H13F3O2/c1-2-8-5-3-4-6-9(8)16-7-10(15)11(12,13)14/h3-6,10,15H,2,7H2,1H3. The first-order chi connectivity index (χ1) is 7.45. The van der Waals surface area contributed by atoms with Crippen molar-refractivity contribution in [2.45, 2.75) is 25.6 Å². The van der Waals surface area contributed by atoms with E-state index in [1.54, 1.807) is 24.3 Å². The Kier molecular flexibility index (Phi) is 4.18. The van der Waals surface area contributed by atoms with Crippen molar-refractivity contribution in [2.75, 3.05) is 6.61 Å².